The highest BCUT2D eigenvalue weighted by Gasteiger charge is 2.23. The van der Waals surface area contributed by atoms with E-state index in [4.69, 9.17) is 15.0 Å². The first kappa shape index (κ1) is 38.1. The van der Waals surface area contributed by atoms with E-state index in [1.807, 2.05) is 36.4 Å². The van der Waals surface area contributed by atoms with Gasteiger partial charge in [0.1, 0.15) is 0 Å². The lowest BCUT2D eigenvalue weighted by Gasteiger charge is -2.15. The normalized spacial score (nSPS) is 11.8. The van der Waals surface area contributed by atoms with Crippen LogP contribution in [0.3, 0.4) is 0 Å². The van der Waals surface area contributed by atoms with Crippen molar-refractivity contribution in [2.45, 2.75) is 0 Å². The Hall–Kier alpha value is -9.19. The fourth-order valence-electron chi connectivity index (χ4n) is 10.6. The van der Waals surface area contributed by atoms with E-state index in [1.165, 1.54) is 59.7 Å². The van der Waals surface area contributed by atoms with Gasteiger partial charge in [0.15, 0.2) is 17.5 Å². The molecule has 11 aromatic carbocycles. The quantitative estimate of drug-likeness (QED) is 0.167. The summed E-state index contributed by atoms with van der Waals surface area (Å²) in [5, 5.41) is 11.9. The zero-order valence-electron chi connectivity index (χ0n) is 36.8. The van der Waals surface area contributed by atoms with E-state index in [0.29, 0.717) is 17.5 Å². The number of rotatable bonds is 6. The van der Waals surface area contributed by atoms with Crippen molar-refractivity contribution in [1.82, 2.24) is 24.1 Å². The van der Waals surface area contributed by atoms with Gasteiger partial charge in [0.25, 0.3) is 0 Å². The molecule has 0 saturated heterocycles. The van der Waals surface area contributed by atoms with E-state index in [0.717, 1.165) is 55.4 Å². The zero-order chi connectivity index (χ0) is 44.7. The molecule has 0 atom stereocenters. The van der Waals surface area contributed by atoms with Crippen LogP contribution in [0.5, 0.6) is 0 Å². The van der Waals surface area contributed by atoms with Gasteiger partial charge in [-0.15, -0.1) is 0 Å². The predicted octanol–water partition coefficient (Wildman–Crippen LogP) is 16.2. The highest BCUT2D eigenvalue weighted by Crippen LogP contribution is 2.45. The van der Waals surface area contributed by atoms with Crippen molar-refractivity contribution in [3.8, 4) is 56.7 Å². The molecule has 0 amide bonds. The molecular formula is C63H39N5. The van der Waals surface area contributed by atoms with Gasteiger partial charge in [0.05, 0.1) is 22.1 Å². The second-order valence-corrected chi connectivity index (χ2v) is 17.6. The van der Waals surface area contributed by atoms with Crippen molar-refractivity contribution in [1.29, 1.82) is 0 Å². The number of hydrogen-bond acceptors (Lipinski definition) is 3. The molecule has 14 aromatic rings. The van der Waals surface area contributed by atoms with Gasteiger partial charge >= 0.3 is 0 Å². The van der Waals surface area contributed by atoms with Crippen LogP contribution in [0.2, 0.25) is 0 Å². The highest BCUT2D eigenvalue weighted by atomic mass is 15.0. The first-order valence-electron chi connectivity index (χ1n) is 23.1. The molecule has 3 aromatic heterocycles. The van der Waals surface area contributed by atoms with Crippen LogP contribution in [0, 0.1) is 0 Å². The van der Waals surface area contributed by atoms with Crippen molar-refractivity contribution < 1.29 is 0 Å². The van der Waals surface area contributed by atoms with E-state index in [-0.39, 0.29) is 0 Å². The molecule has 68 heavy (non-hydrogen) atoms. The molecular weight excluding hydrogens is 827 g/mol. The Kier molecular flexibility index (Phi) is 8.52. The van der Waals surface area contributed by atoms with Crippen LogP contribution in [-0.2, 0) is 0 Å². The van der Waals surface area contributed by atoms with Crippen LogP contribution in [0.15, 0.2) is 237 Å². The van der Waals surface area contributed by atoms with Gasteiger partial charge in [-0.3, -0.25) is 0 Å². The lowest BCUT2D eigenvalue weighted by atomic mass is 9.94. The minimum Gasteiger partial charge on any atom is -0.309 e. The first-order chi connectivity index (χ1) is 33.7. The summed E-state index contributed by atoms with van der Waals surface area (Å²) in [7, 11) is 0. The molecule has 5 heteroatoms. The minimum atomic E-state index is 0.622. The van der Waals surface area contributed by atoms with Gasteiger partial charge in [0, 0.05) is 49.6 Å². The van der Waals surface area contributed by atoms with Crippen molar-refractivity contribution in [3.63, 3.8) is 0 Å². The average Bonchev–Trinajstić information content (AvgIpc) is 3.92. The second-order valence-electron chi connectivity index (χ2n) is 17.6. The molecule has 5 nitrogen and oxygen atoms in total. The van der Waals surface area contributed by atoms with Crippen LogP contribution in [-0.4, -0.2) is 24.1 Å². The van der Waals surface area contributed by atoms with E-state index >= 15 is 0 Å². The number of fused-ring (bicyclic) bond motifs is 10. The van der Waals surface area contributed by atoms with Crippen LogP contribution in [0.4, 0.5) is 0 Å². The zero-order valence-corrected chi connectivity index (χ0v) is 36.8. The molecule has 0 radical (unpaired) electrons. The van der Waals surface area contributed by atoms with E-state index in [9.17, 15) is 0 Å². The molecule has 3 heterocycles. The molecule has 0 spiro atoms. The SMILES string of the molecule is c1ccc(-c2nc(-c3ccccc3)nc(-c3cc(-n4c5ccccc5c5cc6c7c8ccccc8c(-c8ccccc8)cc7n(-c7ccc8ccccc8c7)c6cc54)cc4ccccc34)n2)cc1. The predicted molar refractivity (Wildman–Crippen MR) is 283 cm³/mol. The lowest BCUT2D eigenvalue weighted by Crippen LogP contribution is -2.02. The molecule has 14 rings (SSSR count). The van der Waals surface area contributed by atoms with Gasteiger partial charge in [-0.1, -0.05) is 188 Å². The van der Waals surface area contributed by atoms with E-state index in [2.05, 4.69) is 209 Å². The fourth-order valence-corrected chi connectivity index (χ4v) is 10.6. The van der Waals surface area contributed by atoms with Crippen LogP contribution in [0.1, 0.15) is 0 Å². The topological polar surface area (TPSA) is 48.5 Å². The van der Waals surface area contributed by atoms with Crippen molar-refractivity contribution in [2.75, 3.05) is 0 Å². The Morgan fingerprint density at radius 3 is 1.50 bits per heavy atom. The summed E-state index contributed by atoms with van der Waals surface area (Å²) in [6.45, 7) is 0. The Bertz CT molecular complexity index is 4250. The summed E-state index contributed by atoms with van der Waals surface area (Å²) in [5.74, 6) is 1.89. The number of aromatic nitrogens is 5. The third-order valence-electron chi connectivity index (χ3n) is 13.7. The molecule has 0 aliphatic carbocycles. The van der Waals surface area contributed by atoms with E-state index < -0.39 is 0 Å². The fraction of sp³-hybridized carbons (Fsp3) is 0. The van der Waals surface area contributed by atoms with E-state index in [1.54, 1.807) is 0 Å². The maximum absolute atomic E-state index is 5.25. The maximum Gasteiger partial charge on any atom is 0.164 e. The molecule has 0 N–H and O–H groups in total. The highest BCUT2D eigenvalue weighted by molar-refractivity contribution is 6.27. The van der Waals surface area contributed by atoms with Crippen LogP contribution in [0.25, 0.3) is 133 Å². The number of nitrogens with zero attached hydrogens (tertiary/aromatic N) is 5. The summed E-state index contributed by atoms with van der Waals surface area (Å²) in [6, 6.07) is 84.9. The standard InChI is InChI=1S/C63H39N5/c1-4-19-41(20-5-1)52-38-59-60(51-30-15-14-28-49(51)52)55-37-53-50-29-16-17-31-56(50)68(57(53)39-58(55)67(59)46-33-32-40-18-10-11-25-44(40)34-46)47-35-45-26-12-13-27-48(45)54(36-47)63-65-61(42-21-6-2-7-22-42)64-62(66-63)43-23-8-3-9-24-43/h1-39H. The smallest absolute Gasteiger partial charge is 0.164 e. The third-order valence-corrected chi connectivity index (χ3v) is 13.7. The molecule has 0 aliphatic heterocycles. The van der Waals surface area contributed by atoms with Gasteiger partial charge in [0.2, 0.25) is 0 Å². The molecule has 0 fully saturated rings. The Labute approximate surface area is 391 Å². The Balaban J connectivity index is 1.09. The third kappa shape index (κ3) is 5.99. The number of benzene rings is 11. The monoisotopic (exact) mass is 865 g/mol. The average molecular weight is 866 g/mol. The number of para-hydroxylation sites is 1. The van der Waals surface area contributed by atoms with Crippen molar-refractivity contribution >= 4 is 75.9 Å². The summed E-state index contributed by atoms with van der Waals surface area (Å²) in [4.78, 5) is 15.5. The van der Waals surface area contributed by atoms with Crippen LogP contribution >= 0.6 is 0 Å². The molecule has 0 bridgehead atoms. The van der Waals surface area contributed by atoms with Gasteiger partial charge < -0.3 is 9.13 Å². The van der Waals surface area contributed by atoms with Crippen LogP contribution < -0.4 is 0 Å². The Morgan fingerprint density at radius 1 is 0.250 bits per heavy atom. The number of hydrogen-bond donors (Lipinski definition) is 0. The van der Waals surface area contributed by atoms with Crippen molar-refractivity contribution in [2.24, 2.45) is 0 Å². The van der Waals surface area contributed by atoms with Gasteiger partial charge in [-0.25, -0.2) is 15.0 Å². The first-order valence-corrected chi connectivity index (χ1v) is 23.1. The molecule has 316 valence electrons. The summed E-state index contributed by atoms with van der Waals surface area (Å²) >= 11 is 0. The molecule has 0 aliphatic rings. The van der Waals surface area contributed by atoms with Gasteiger partial charge in [-0.2, -0.15) is 0 Å². The summed E-state index contributed by atoms with van der Waals surface area (Å²) in [6.07, 6.45) is 0. The lowest BCUT2D eigenvalue weighted by molar-refractivity contribution is 1.07. The molecule has 0 saturated carbocycles. The minimum absolute atomic E-state index is 0.622. The Morgan fingerprint density at radius 2 is 0.779 bits per heavy atom. The van der Waals surface area contributed by atoms with Gasteiger partial charge in [-0.05, 0) is 92.0 Å². The molecule has 0 unspecified atom stereocenters. The maximum atomic E-state index is 5.25. The second kappa shape index (κ2) is 15.2. The summed E-state index contributed by atoms with van der Waals surface area (Å²) < 4.78 is 4.93. The summed E-state index contributed by atoms with van der Waals surface area (Å²) in [5.41, 5.74) is 11.9. The van der Waals surface area contributed by atoms with Crippen molar-refractivity contribution in [3.05, 3.63) is 237 Å². The largest absolute Gasteiger partial charge is 0.309 e.